The van der Waals surface area contributed by atoms with Crippen LogP contribution < -0.4 is 5.73 Å². The van der Waals surface area contributed by atoms with Crippen molar-refractivity contribution in [3.8, 4) is 0 Å². The number of ether oxygens (including phenoxy) is 1. The largest absolute Gasteiger partial charge is 0.460 e. The van der Waals surface area contributed by atoms with Gasteiger partial charge in [-0.1, -0.05) is 6.42 Å². The first-order chi connectivity index (χ1) is 8.20. The SMILES string of the molecule is CCOC(=O)c1n[nH]c(C2CCCC(N)C2)n1. The summed E-state index contributed by atoms with van der Waals surface area (Å²) in [5, 5.41) is 6.70. The number of carbonyl (C=O) groups is 1. The summed E-state index contributed by atoms with van der Waals surface area (Å²) < 4.78 is 4.84. The van der Waals surface area contributed by atoms with Gasteiger partial charge in [0.05, 0.1) is 6.61 Å². The summed E-state index contributed by atoms with van der Waals surface area (Å²) in [4.78, 5) is 15.6. The molecule has 17 heavy (non-hydrogen) atoms. The van der Waals surface area contributed by atoms with E-state index in [2.05, 4.69) is 15.2 Å². The minimum Gasteiger partial charge on any atom is -0.460 e. The number of nitrogens with one attached hydrogen (secondary N) is 1. The second kappa shape index (κ2) is 5.27. The Balaban J connectivity index is 2.04. The number of hydrogen-bond donors (Lipinski definition) is 2. The molecule has 1 fully saturated rings. The van der Waals surface area contributed by atoms with Crippen LogP contribution in [0, 0.1) is 0 Å². The first-order valence-corrected chi connectivity index (χ1v) is 6.05. The molecule has 1 saturated carbocycles. The number of H-pyrrole nitrogens is 1. The molecule has 1 aromatic heterocycles. The maximum atomic E-state index is 11.4. The third-order valence-electron chi connectivity index (χ3n) is 3.06. The second-order valence-electron chi connectivity index (χ2n) is 4.39. The monoisotopic (exact) mass is 238 g/mol. The number of carbonyl (C=O) groups excluding carboxylic acids is 1. The lowest BCUT2D eigenvalue weighted by Crippen LogP contribution is -2.27. The maximum absolute atomic E-state index is 11.4. The lowest BCUT2D eigenvalue weighted by Gasteiger charge is -2.24. The van der Waals surface area contributed by atoms with E-state index in [1.165, 1.54) is 0 Å². The molecule has 0 saturated heterocycles. The predicted octanol–water partition coefficient (Wildman–Crippen LogP) is 0.966. The molecule has 0 spiro atoms. The smallest absolute Gasteiger partial charge is 0.378 e. The van der Waals surface area contributed by atoms with E-state index in [0.29, 0.717) is 6.61 Å². The topological polar surface area (TPSA) is 93.9 Å². The number of aromatic amines is 1. The van der Waals surface area contributed by atoms with Gasteiger partial charge in [-0.3, -0.25) is 5.10 Å². The molecule has 1 heterocycles. The molecule has 3 N–H and O–H groups in total. The van der Waals surface area contributed by atoms with E-state index in [1.807, 2.05) is 0 Å². The Morgan fingerprint density at radius 3 is 3.12 bits per heavy atom. The highest BCUT2D eigenvalue weighted by Gasteiger charge is 2.24. The van der Waals surface area contributed by atoms with Gasteiger partial charge in [0.1, 0.15) is 5.82 Å². The van der Waals surface area contributed by atoms with Crippen LogP contribution in [0.4, 0.5) is 0 Å². The van der Waals surface area contributed by atoms with Gasteiger partial charge >= 0.3 is 5.97 Å². The summed E-state index contributed by atoms with van der Waals surface area (Å²) in [7, 11) is 0. The molecule has 0 bridgehead atoms. The molecule has 0 amide bonds. The Kier molecular flexibility index (Phi) is 3.73. The Bertz CT molecular complexity index is 391. The van der Waals surface area contributed by atoms with Gasteiger partial charge in [0.15, 0.2) is 0 Å². The summed E-state index contributed by atoms with van der Waals surface area (Å²) in [6.45, 7) is 2.09. The minimum atomic E-state index is -0.477. The van der Waals surface area contributed by atoms with E-state index in [-0.39, 0.29) is 17.8 Å². The molecular weight excluding hydrogens is 220 g/mol. The van der Waals surface area contributed by atoms with Crippen LogP contribution in [0.5, 0.6) is 0 Å². The van der Waals surface area contributed by atoms with Gasteiger partial charge in [-0.15, -0.1) is 5.10 Å². The zero-order chi connectivity index (χ0) is 12.3. The highest BCUT2D eigenvalue weighted by Crippen LogP contribution is 2.29. The molecule has 1 aliphatic carbocycles. The highest BCUT2D eigenvalue weighted by atomic mass is 16.5. The van der Waals surface area contributed by atoms with E-state index in [0.717, 1.165) is 31.5 Å². The van der Waals surface area contributed by atoms with Gasteiger partial charge in [0.25, 0.3) is 5.82 Å². The Hall–Kier alpha value is -1.43. The Labute approximate surface area is 99.9 Å². The lowest BCUT2D eigenvalue weighted by atomic mass is 9.86. The van der Waals surface area contributed by atoms with Crippen molar-refractivity contribution in [2.24, 2.45) is 5.73 Å². The molecule has 6 heteroatoms. The average molecular weight is 238 g/mol. The van der Waals surface area contributed by atoms with Crippen LogP contribution >= 0.6 is 0 Å². The molecule has 1 aliphatic rings. The van der Waals surface area contributed by atoms with Crippen molar-refractivity contribution >= 4 is 5.97 Å². The van der Waals surface area contributed by atoms with Gasteiger partial charge in [-0.05, 0) is 26.2 Å². The predicted molar refractivity (Wildman–Crippen MR) is 61.5 cm³/mol. The van der Waals surface area contributed by atoms with E-state index in [1.54, 1.807) is 6.92 Å². The van der Waals surface area contributed by atoms with Crippen LogP contribution in [0.3, 0.4) is 0 Å². The molecule has 0 aromatic carbocycles. The van der Waals surface area contributed by atoms with Gasteiger partial charge in [0, 0.05) is 12.0 Å². The number of nitrogens with two attached hydrogens (primary N) is 1. The summed E-state index contributed by atoms with van der Waals surface area (Å²) in [5.74, 6) is 0.675. The van der Waals surface area contributed by atoms with Crippen molar-refractivity contribution in [1.82, 2.24) is 15.2 Å². The Morgan fingerprint density at radius 2 is 2.41 bits per heavy atom. The standard InChI is InChI=1S/C11H18N4O2/c1-2-17-11(16)10-13-9(14-15-10)7-4-3-5-8(12)6-7/h7-8H,2-6,12H2,1H3,(H,13,14,15). The number of esters is 1. The van der Waals surface area contributed by atoms with Gasteiger partial charge in [-0.2, -0.15) is 0 Å². The van der Waals surface area contributed by atoms with Crippen LogP contribution in [0.1, 0.15) is 55.0 Å². The number of rotatable bonds is 3. The van der Waals surface area contributed by atoms with Crippen LogP contribution in [0.25, 0.3) is 0 Å². The molecule has 1 aromatic rings. The minimum absolute atomic E-state index is 0.112. The first-order valence-electron chi connectivity index (χ1n) is 6.05. The van der Waals surface area contributed by atoms with Crippen molar-refractivity contribution in [2.75, 3.05) is 6.61 Å². The molecule has 0 aliphatic heterocycles. The van der Waals surface area contributed by atoms with Crippen LogP contribution in [0.2, 0.25) is 0 Å². The quantitative estimate of drug-likeness (QED) is 0.765. The van der Waals surface area contributed by atoms with Crippen LogP contribution in [0.15, 0.2) is 0 Å². The average Bonchev–Trinajstić information content (AvgIpc) is 2.78. The third-order valence-corrected chi connectivity index (χ3v) is 3.06. The van der Waals surface area contributed by atoms with E-state index in [9.17, 15) is 4.79 Å². The normalized spacial score (nSPS) is 24.6. The first kappa shape index (κ1) is 12.0. The molecule has 2 rings (SSSR count). The maximum Gasteiger partial charge on any atom is 0.378 e. The van der Waals surface area contributed by atoms with Crippen LogP contribution in [-0.2, 0) is 4.74 Å². The summed E-state index contributed by atoms with van der Waals surface area (Å²) >= 11 is 0. The number of aromatic nitrogens is 3. The number of nitrogens with zero attached hydrogens (tertiary/aromatic N) is 2. The summed E-state index contributed by atoms with van der Waals surface area (Å²) in [5.41, 5.74) is 5.92. The van der Waals surface area contributed by atoms with Crippen LogP contribution in [-0.4, -0.2) is 33.8 Å². The second-order valence-corrected chi connectivity index (χ2v) is 4.39. The summed E-state index contributed by atoms with van der Waals surface area (Å²) in [6.07, 6.45) is 4.11. The Morgan fingerprint density at radius 1 is 1.59 bits per heavy atom. The molecule has 6 nitrogen and oxygen atoms in total. The van der Waals surface area contributed by atoms with Crippen molar-refractivity contribution in [3.05, 3.63) is 11.6 Å². The zero-order valence-corrected chi connectivity index (χ0v) is 9.98. The van der Waals surface area contributed by atoms with E-state index < -0.39 is 5.97 Å². The molecule has 0 radical (unpaired) electrons. The highest BCUT2D eigenvalue weighted by molar-refractivity contribution is 5.84. The summed E-state index contributed by atoms with van der Waals surface area (Å²) in [6, 6.07) is 0.227. The van der Waals surface area contributed by atoms with Gasteiger partial charge in [0.2, 0.25) is 0 Å². The molecule has 94 valence electrons. The lowest BCUT2D eigenvalue weighted by molar-refractivity contribution is 0.0512. The van der Waals surface area contributed by atoms with Crippen molar-refractivity contribution in [1.29, 1.82) is 0 Å². The van der Waals surface area contributed by atoms with Crippen molar-refractivity contribution in [3.63, 3.8) is 0 Å². The fraction of sp³-hybridized carbons (Fsp3) is 0.727. The van der Waals surface area contributed by atoms with Crippen molar-refractivity contribution in [2.45, 2.75) is 44.6 Å². The fourth-order valence-corrected chi connectivity index (χ4v) is 2.22. The molecular formula is C11H18N4O2. The van der Waals surface area contributed by atoms with Gasteiger partial charge < -0.3 is 10.5 Å². The molecule has 2 unspecified atom stereocenters. The van der Waals surface area contributed by atoms with E-state index in [4.69, 9.17) is 10.5 Å². The van der Waals surface area contributed by atoms with Gasteiger partial charge in [-0.25, -0.2) is 9.78 Å². The third kappa shape index (κ3) is 2.82. The zero-order valence-electron chi connectivity index (χ0n) is 9.98. The van der Waals surface area contributed by atoms with Crippen molar-refractivity contribution < 1.29 is 9.53 Å². The van der Waals surface area contributed by atoms with E-state index >= 15 is 0 Å². The number of hydrogen-bond acceptors (Lipinski definition) is 5. The fourth-order valence-electron chi connectivity index (χ4n) is 2.22. The molecule has 2 atom stereocenters.